The van der Waals surface area contributed by atoms with Crippen LogP contribution >= 0.6 is 15.9 Å². The molecular weight excluding hydrogens is 347 g/mol. The number of alkyl halides is 3. The average molecular weight is 364 g/mol. The molecule has 1 aliphatic rings. The topological polar surface area (TPSA) is 20.3 Å². The van der Waals surface area contributed by atoms with E-state index in [2.05, 4.69) is 15.9 Å². The molecule has 2 nitrogen and oxygen atoms in total. The summed E-state index contributed by atoms with van der Waals surface area (Å²) in [5.41, 5.74) is -0.742. The normalized spacial score (nSPS) is 16.2. The first kappa shape index (κ1) is 16.3. The molecule has 0 spiro atoms. The Kier molecular flexibility index (Phi) is 4.96. The van der Waals surface area contributed by atoms with Gasteiger partial charge in [0.25, 0.3) is 5.91 Å². The SMILES string of the molecule is CN(CC1CCCC1)C(=O)c1cc(C(F)(F)F)ccc1Br. The number of halogens is 4. The van der Waals surface area contributed by atoms with Gasteiger partial charge in [-0.1, -0.05) is 12.8 Å². The average Bonchev–Trinajstić information content (AvgIpc) is 2.90. The van der Waals surface area contributed by atoms with Gasteiger partial charge in [0.1, 0.15) is 0 Å². The summed E-state index contributed by atoms with van der Waals surface area (Å²) in [6.45, 7) is 0.599. The van der Waals surface area contributed by atoms with Crippen molar-refractivity contribution in [3.8, 4) is 0 Å². The van der Waals surface area contributed by atoms with Crippen LogP contribution in [0.5, 0.6) is 0 Å². The molecule has 0 N–H and O–H groups in total. The Bertz CT molecular complexity index is 524. The molecule has 0 aromatic heterocycles. The number of benzene rings is 1. The van der Waals surface area contributed by atoms with Crippen molar-refractivity contribution in [1.82, 2.24) is 4.90 Å². The molecule has 0 atom stereocenters. The fraction of sp³-hybridized carbons (Fsp3) is 0.533. The van der Waals surface area contributed by atoms with Crippen LogP contribution in [0.15, 0.2) is 22.7 Å². The molecule has 6 heteroatoms. The van der Waals surface area contributed by atoms with Crippen LogP contribution in [-0.4, -0.2) is 24.4 Å². The van der Waals surface area contributed by atoms with Crippen LogP contribution in [0.3, 0.4) is 0 Å². The third kappa shape index (κ3) is 3.99. The molecule has 1 aliphatic carbocycles. The second-order valence-corrected chi connectivity index (χ2v) is 6.38. The Morgan fingerprint density at radius 2 is 1.95 bits per heavy atom. The van der Waals surface area contributed by atoms with Gasteiger partial charge in [-0.05, 0) is 52.9 Å². The molecule has 2 rings (SSSR count). The molecule has 0 saturated heterocycles. The van der Waals surface area contributed by atoms with Crippen molar-refractivity contribution in [3.05, 3.63) is 33.8 Å². The number of amides is 1. The molecule has 0 aliphatic heterocycles. The maximum Gasteiger partial charge on any atom is 0.416 e. The van der Waals surface area contributed by atoms with E-state index in [0.29, 0.717) is 16.9 Å². The van der Waals surface area contributed by atoms with Gasteiger partial charge in [0.15, 0.2) is 0 Å². The lowest BCUT2D eigenvalue weighted by atomic mass is 10.1. The van der Waals surface area contributed by atoms with E-state index in [1.165, 1.54) is 23.8 Å². The van der Waals surface area contributed by atoms with Crippen LogP contribution < -0.4 is 0 Å². The number of hydrogen-bond donors (Lipinski definition) is 0. The highest BCUT2D eigenvalue weighted by Gasteiger charge is 2.32. The van der Waals surface area contributed by atoms with Gasteiger partial charge >= 0.3 is 6.18 Å². The summed E-state index contributed by atoms with van der Waals surface area (Å²) < 4.78 is 38.6. The lowest BCUT2D eigenvalue weighted by molar-refractivity contribution is -0.137. The van der Waals surface area contributed by atoms with Crippen molar-refractivity contribution in [3.63, 3.8) is 0 Å². The summed E-state index contributed by atoms with van der Waals surface area (Å²) in [7, 11) is 1.65. The van der Waals surface area contributed by atoms with E-state index in [9.17, 15) is 18.0 Å². The highest BCUT2D eigenvalue weighted by Crippen LogP contribution is 2.32. The van der Waals surface area contributed by atoms with Gasteiger partial charge in [-0.25, -0.2) is 0 Å². The lowest BCUT2D eigenvalue weighted by Crippen LogP contribution is -2.31. The van der Waals surface area contributed by atoms with Gasteiger partial charge in [-0.15, -0.1) is 0 Å². The molecule has 0 heterocycles. The molecule has 1 fully saturated rings. The van der Waals surface area contributed by atoms with E-state index in [1.54, 1.807) is 7.05 Å². The number of carbonyl (C=O) groups excluding carboxylic acids is 1. The first-order valence-electron chi connectivity index (χ1n) is 6.91. The number of nitrogens with zero attached hydrogens (tertiary/aromatic N) is 1. The number of carbonyl (C=O) groups is 1. The van der Waals surface area contributed by atoms with Crippen molar-refractivity contribution in [2.75, 3.05) is 13.6 Å². The molecular formula is C15H17BrF3NO. The van der Waals surface area contributed by atoms with Crippen LogP contribution in [0.1, 0.15) is 41.6 Å². The van der Waals surface area contributed by atoms with E-state index < -0.39 is 11.7 Å². The quantitative estimate of drug-likeness (QED) is 0.759. The van der Waals surface area contributed by atoms with Gasteiger partial charge in [-0.2, -0.15) is 13.2 Å². The van der Waals surface area contributed by atoms with E-state index in [4.69, 9.17) is 0 Å². The van der Waals surface area contributed by atoms with Crippen molar-refractivity contribution >= 4 is 21.8 Å². The minimum Gasteiger partial charge on any atom is -0.341 e. The van der Waals surface area contributed by atoms with Gasteiger partial charge in [0.05, 0.1) is 11.1 Å². The zero-order valence-electron chi connectivity index (χ0n) is 11.7. The minimum atomic E-state index is -4.44. The van der Waals surface area contributed by atoms with Crippen molar-refractivity contribution in [1.29, 1.82) is 0 Å². The zero-order chi connectivity index (χ0) is 15.6. The standard InChI is InChI=1S/C15H17BrF3NO/c1-20(9-10-4-2-3-5-10)14(21)12-8-11(15(17,18)19)6-7-13(12)16/h6-8,10H,2-5,9H2,1H3. The first-order chi connectivity index (χ1) is 9.79. The maximum atomic E-state index is 12.8. The Morgan fingerprint density at radius 1 is 1.33 bits per heavy atom. The third-order valence-corrected chi connectivity index (χ3v) is 4.57. The van der Waals surface area contributed by atoms with Crippen molar-refractivity contribution in [2.24, 2.45) is 5.92 Å². The highest BCUT2D eigenvalue weighted by molar-refractivity contribution is 9.10. The number of rotatable bonds is 3. The summed E-state index contributed by atoms with van der Waals surface area (Å²) in [6.07, 6.45) is 0.0580. The molecule has 0 radical (unpaired) electrons. The van der Waals surface area contributed by atoms with E-state index in [1.807, 2.05) is 0 Å². The van der Waals surface area contributed by atoms with Gasteiger partial charge < -0.3 is 4.90 Å². The molecule has 1 saturated carbocycles. The first-order valence-corrected chi connectivity index (χ1v) is 7.70. The van der Waals surface area contributed by atoms with Crippen LogP contribution in [0.25, 0.3) is 0 Å². The molecule has 1 aromatic carbocycles. The molecule has 0 unspecified atom stereocenters. The summed E-state index contributed by atoms with van der Waals surface area (Å²) in [6, 6.07) is 3.16. The van der Waals surface area contributed by atoms with E-state index in [-0.39, 0.29) is 11.5 Å². The Morgan fingerprint density at radius 3 is 2.52 bits per heavy atom. The third-order valence-electron chi connectivity index (χ3n) is 3.88. The van der Waals surface area contributed by atoms with Crippen molar-refractivity contribution < 1.29 is 18.0 Å². The van der Waals surface area contributed by atoms with Crippen molar-refractivity contribution in [2.45, 2.75) is 31.9 Å². The van der Waals surface area contributed by atoms with Crippen LogP contribution in [0, 0.1) is 5.92 Å². The van der Waals surface area contributed by atoms with Gasteiger partial charge in [0, 0.05) is 18.1 Å². The Hall–Kier alpha value is -1.04. The molecule has 1 amide bonds. The number of hydrogen-bond acceptors (Lipinski definition) is 1. The summed E-state index contributed by atoms with van der Waals surface area (Å²) in [5, 5.41) is 0. The van der Waals surface area contributed by atoms with Gasteiger partial charge in [-0.3, -0.25) is 4.79 Å². The predicted molar refractivity (Wildman–Crippen MR) is 78.1 cm³/mol. The van der Waals surface area contributed by atoms with E-state index >= 15 is 0 Å². The van der Waals surface area contributed by atoms with E-state index in [0.717, 1.165) is 25.0 Å². The van der Waals surface area contributed by atoms with Gasteiger partial charge in [0.2, 0.25) is 0 Å². The maximum absolute atomic E-state index is 12.8. The molecule has 0 bridgehead atoms. The Labute approximate surface area is 130 Å². The Balaban J connectivity index is 2.17. The van der Waals surface area contributed by atoms with Crippen LogP contribution in [-0.2, 0) is 6.18 Å². The second kappa shape index (κ2) is 6.38. The fourth-order valence-electron chi connectivity index (χ4n) is 2.73. The second-order valence-electron chi connectivity index (χ2n) is 5.53. The monoisotopic (exact) mass is 363 g/mol. The van der Waals surface area contributed by atoms with Crippen LogP contribution in [0.2, 0.25) is 0 Å². The molecule has 1 aromatic rings. The lowest BCUT2D eigenvalue weighted by Gasteiger charge is -2.22. The largest absolute Gasteiger partial charge is 0.416 e. The predicted octanol–water partition coefficient (Wildman–Crippen LogP) is 4.73. The highest BCUT2D eigenvalue weighted by atomic mass is 79.9. The minimum absolute atomic E-state index is 0.0605. The molecule has 116 valence electrons. The summed E-state index contributed by atoms with van der Waals surface area (Å²) >= 11 is 3.16. The smallest absolute Gasteiger partial charge is 0.341 e. The summed E-state index contributed by atoms with van der Waals surface area (Å²) in [5.74, 6) is 0.0865. The zero-order valence-corrected chi connectivity index (χ0v) is 13.3. The van der Waals surface area contributed by atoms with Crippen LogP contribution in [0.4, 0.5) is 13.2 Å². The fourth-order valence-corrected chi connectivity index (χ4v) is 3.15. The molecule has 21 heavy (non-hydrogen) atoms. The summed E-state index contributed by atoms with van der Waals surface area (Å²) in [4.78, 5) is 13.9.